The van der Waals surface area contributed by atoms with E-state index in [0.717, 1.165) is 11.1 Å². The molecule has 0 radical (unpaired) electrons. The summed E-state index contributed by atoms with van der Waals surface area (Å²) < 4.78 is 5.42. The van der Waals surface area contributed by atoms with E-state index in [9.17, 15) is 14.9 Å². The first-order valence-corrected chi connectivity index (χ1v) is 7.63. The highest BCUT2D eigenvalue weighted by Gasteiger charge is 2.10. The summed E-state index contributed by atoms with van der Waals surface area (Å²) in [6, 6.07) is 10.4. The molecule has 130 valence electrons. The molecule has 0 atom stereocenters. The average Bonchev–Trinajstić information content (AvgIpc) is 2.53. The van der Waals surface area contributed by atoms with E-state index in [1.165, 1.54) is 12.3 Å². The van der Waals surface area contributed by atoms with Crippen LogP contribution < -0.4 is 10.2 Å². The highest BCUT2D eigenvalue weighted by molar-refractivity contribution is 5.83. The van der Waals surface area contributed by atoms with Crippen LogP contribution in [0.3, 0.4) is 0 Å². The minimum atomic E-state index is -0.455. The highest BCUT2D eigenvalue weighted by atomic mass is 16.6. The smallest absolute Gasteiger partial charge is 0.277 e. The molecule has 0 aliphatic carbocycles. The number of amides is 1. The first-order chi connectivity index (χ1) is 11.8. The third-order valence-electron chi connectivity index (χ3n) is 3.40. The number of rotatable bonds is 6. The summed E-state index contributed by atoms with van der Waals surface area (Å²) in [5.41, 5.74) is 5.52. The molecule has 0 bridgehead atoms. The predicted octanol–water partition coefficient (Wildman–Crippen LogP) is 3.05. The second kappa shape index (κ2) is 8.05. The lowest BCUT2D eigenvalue weighted by molar-refractivity contribution is -0.385. The molecule has 7 heteroatoms. The van der Waals surface area contributed by atoms with Gasteiger partial charge in [-0.25, -0.2) is 5.43 Å². The summed E-state index contributed by atoms with van der Waals surface area (Å²) in [6.07, 6.45) is 1.35. The Morgan fingerprint density at radius 2 is 1.88 bits per heavy atom. The molecule has 0 unspecified atom stereocenters. The minimum absolute atomic E-state index is 0.00780. The molecule has 0 aliphatic rings. The molecule has 0 heterocycles. The second-order valence-corrected chi connectivity index (χ2v) is 5.71. The van der Waals surface area contributed by atoms with Crippen molar-refractivity contribution in [3.63, 3.8) is 0 Å². The maximum atomic E-state index is 11.7. The van der Waals surface area contributed by atoms with Gasteiger partial charge in [0.15, 0.2) is 6.61 Å². The molecule has 0 spiro atoms. The van der Waals surface area contributed by atoms with Gasteiger partial charge >= 0.3 is 0 Å². The number of nitro groups is 1. The van der Waals surface area contributed by atoms with Crippen LogP contribution in [0.1, 0.15) is 22.3 Å². The van der Waals surface area contributed by atoms with Crippen LogP contribution in [0.15, 0.2) is 41.5 Å². The van der Waals surface area contributed by atoms with E-state index < -0.39 is 10.8 Å². The fourth-order valence-corrected chi connectivity index (χ4v) is 2.28. The highest BCUT2D eigenvalue weighted by Crippen LogP contribution is 2.18. The molecule has 25 heavy (non-hydrogen) atoms. The zero-order valence-corrected chi connectivity index (χ0v) is 14.3. The van der Waals surface area contributed by atoms with Crippen LogP contribution in [-0.4, -0.2) is 23.7 Å². The molecule has 0 fully saturated rings. The number of ether oxygens (including phenoxy) is 1. The lowest BCUT2D eigenvalue weighted by Gasteiger charge is -2.07. The Morgan fingerprint density at radius 3 is 2.52 bits per heavy atom. The molecular formula is C18H19N3O4. The van der Waals surface area contributed by atoms with E-state index in [0.29, 0.717) is 16.9 Å². The number of nitrogens with zero attached hydrogens (tertiary/aromatic N) is 2. The molecule has 0 aromatic heterocycles. The minimum Gasteiger partial charge on any atom is -0.484 e. The molecule has 1 amide bonds. The van der Waals surface area contributed by atoms with E-state index in [-0.39, 0.29) is 12.3 Å². The van der Waals surface area contributed by atoms with Crippen LogP contribution in [0.4, 0.5) is 5.69 Å². The van der Waals surface area contributed by atoms with Crippen molar-refractivity contribution >= 4 is 17.8 Å². The maximum Gasteiger partial charge on any atom is 0.277 e. The zero-order chi connectivity index (χ0) is 18.4. The van der Waals surface area contributed by atoms with Crippen molar-refractivity contribution in [3.8, 4) is 5.75 Å². The van der Waals surface area contributed by atoms with Crippen molar-refractivity contribution in [1.29, 1.82) is 0 Å². The van der Waals surface area contributed by atoms with Crippen molar-refractivity contribution in [1.82, 2.24) is 5.43 Å². The Balaban J connectivity index is 1.90. The summed E-state index contributed by atoms with van der Waals surface area (Å²) in [6.45, 7) is 5.38. The van der Waals surface area contributed by atoms with Gasteiger partial charge in [0.1, 0.15) is 5.75 Å². The summed E-state index contributed by atoms with van der Waals surface area (Å²) in [7, 11) is 0. The van der Waals surface area contributed by atoms with Gasteiger partial charge < -0.3 is 4.74 Å². The molecule has 0 saturated heterocycles. The number of nitrogens with one attached hydrogen (secondary N) is 1. The number of nitro benzene ring substituents is 1. The van der Waals surface area contributed by atoms with E-state index in [2.05, 4.69) is 10.5 Å². The van der Waals surface area contributed by atoms with Gasteiger partial charge in [0.25, 0.3) is 11.6 Å². The van der Waals surface area contributed by atoms with Gasteiger partial charge in [-0.2, -0.15) is 5.10 Å². The van der Waals surface area contributed by atoms with Crippen molar-refractivity contribution in [2.24, 2.45) is 5.10 Å². The van der Waals surface area contributed by atoms with Gasteiger partial charge in [-0.3, -0.25) is 14.9 Å². The lowest BCUT2D eigenvalue weighted by atomic mass is 10.1. The average molecular weight is 341 g/mol. The number of hydrogen-bond acceptors (Lipinski definition) is 5. The number of aryl methyl sites for hydroxylation is 3. The predicted molar refractivity (Wildman–Crippen MR) is 95.0 cm³/mol. The normalized spacial score (nSPS) is 10.7. The van der Waals surface area contributed by atoms with Gasteiger partial charge in [0, 0.05) is 17.2 Å². The van der Waals surface area contributed by atoms with Crippen molar-refractivity contribution < 1.29 is 14.5 Å². The molecule has 2 rings (SSSR count). The Labute approximate surface area is 145 Å². The van der Waals surface area contributed by atoms with Crippen LogP contribution in [0.25, 0.3) is 0 Å². The largest absolute Gasteiger partial charge is 0.484 e. The van der Waals surface area contributed by atoms with E-state index in [1.54, 1.807) is 19.1 Å². The quantitative estimate of drug-likeness (QED) is 0.496. The van der Waals surface area contributed by atoms with E-state index in [4.69, 9.17) is 4.74 Å². The van der Waals surface area contributed by atoms with Crippen LogP contribution >= 0.6 is 0 Å². The number of benzene rings is 2. The number of hydrogen-bond donors (Lipinski definition) is 1. The van der Waals surface area contributed by atoms with Crippen LogP contribution in [-0.2, 0) is 4.79 Å². The van der Waals surface area contributed by atoms with Gasteiger partial charge in [-0.15, -0.1) is 0 Å². The van der Waals surface area contributed by atoms with Crippen molar-refractivity contribution in [2.75, 3.05) is 6.61 Å². The Hall–Kier alpha value is -3.22. The van der Waals surface area contributed by atoms with Gasteiger partial charge in [0.2, 0.25) is 0 Å². The maximum absolute atomic E-state index is 11.7. The number of carbonyl (C=O) groups excluding carboxylic acids is 1. The Kier molecular flexibility index (Phi) is 5.84. The van der Waals surface area contributed by atoms with E-state index in [1.807, 2.05) is 32.0 Å². The Morgan fingerprint density at radius 1 is 1.20 bits per heavy atom. The molecule has 2 aromatic carbocycles. The SMILES string of the molecule is Cc1cc(C)cc(OCC(=O)N/N=C\c2ccc(C)c([N+](=O)[O-])c2)c1. The molecule has 0 saturated carbocycles. The number of carbonyl (C=O) groups is 1. The summed E-state index contributed by atoms with van der Waals surface area (Å²) in [5.74, 6) is 0.197. The third-order valence-corrected chi connectivity index (χ3v) is 3.40. The number of hydrazone groups is 1. The lowest BCUT2D eigenvalue weighted by Crippen LogP contribution is -2.24. The van der Waals surface area contributed by atoms with Crippen LogP contribution in [0.2, 0.25) is 0 Å². The van der Waals surface area contributed by atoms with E-state index >= 15 is 0 Å². The molecular weight excluding hydrogens is 322 g/mol. The van der Waals surface area contributed by atoms with Crippen LogP contribution in [0, 0.1) is 30.9 Å². The topological polar surface area (TPSA) is 93.8 Å². The van der Waals surface area contributed by atoms with Crippen LogP contribution in [0.5, 0.6) is 5.75 Å². The Bertz CT molecular complexity index is 811. The zero-order valence-electron chi connectivity index (χ0n) is 14.3. The summed E-state index contributed by atoms with van der Waals surface area (Å²) >= 11 is 0. The standard InChI is InChI=1S/C18H19N3O4/c1-12-6-13(2)8-16(7-12)25-11-18(22)20-19-10-15-5-4-14(3)17(9-15)21(23)24/h4-10H,11H2,1-3H3,(H,20,22)/b19-10-. The van der Waals surface area contributed by atoms with Gasteiger partial charge in [-0.1, -0.05) is 18.2 Å². The third kappa shape index (κ3) is 5.42. The first kappa shape index (κ1) is 18.1. The van der Waals surface area contributed by atoms with Crippen molar-refractivity contribution in [2.45, 2.75) is 20.8 Å². The first-order valence-electron chi connectivity index (χ1n) is 7.63. The molecule has 7 nitrogen and oxygen atoms in total. The summed E-state index contributed by atoms with van der Waals surface area (Å²) in [4.78, 5) is 22.2. The summed E-state index contributed by atoms with van der Waals surface area (Å²) in [5, 5.41) is 14.7. The molecule has 0 aliphatic heterocycles. The fraction of sp³-hybridized carbons (Fsp3) is 0.222. The van der Waals surface area contributed by atoms with Gasteiger partial charge in [-0.05, 0) is 44.0 Å². The molecule has 1 N–H and O–H groups in total. The molecule has 2 aromatic rings. The van der Waals surface area contributed by atoms with Gasteiger partial charge in [0.05, 0.1) is 11.1 Å². The second-order valence-electron chi connectivity index (χ2n) is 5.71. The monoisotopic (exact) mass is 341 g/mol. The fourth-order valence-electron chi connectivity index (χ4n) is 2.28. The van der Waals surface area contributed by atoms with Crippen molar-refractivity contribution in [3.05, 3.63) is 68.8 Å².